The minimum Gasteiger partial charge on any atom is -0.368 e. The maximum Gasteiger partial charge on any atom is 0.265 e. The number of carbonyl (C=O) groups excluding carboxylic acids is 2. The lowest BCUT2D eigenvalue weighted by molar-refractivity contribution is -0.124. The highest BCUT2D eigenvalue weighted by molar-refractivity contribution is 7.14. The number of hydrogen-bond donors (Lipinski definition) is 2. The van der Waals surface area contributed by atoms with E-state index in [1.165, 1.54) is 16.9 Å². The summed E-state index contributed by atoms with van der Waals surface area (Å²) in [6.45, 7) is 0.648. The topological polar surface area (TPSA) is 67.4 Å². The van der Waals surface area contributed by atoms with E-state index in [2.05, 4.69) is 10.6 Å². The molecule has 2 N–H and O–H groups in total. The summed E-state index contributed by atoms with van der Waals surface area (Å²) < 4.78 is 5.37. The van der Waals surface area contributed by atoms with Crippen molar-refractivity contribution in [2.75, 3.05) is 17.2 Å². The van der Waals surface area contributed by atoms with Crippen molar-refractivity contribution in [1.82, 2.24) is 0 Å². The smallest absolute Gasteiger partial charge is 0.265 e. The van der Waals surface area contributed by atoms with Gasteiger partial charge in [-0.05, 0) is 68.0 Å². The van der Waals surface area contributed by atoms with Crippen LogP contribution in [0, 0.1) is 0 Å². The molecule has 1 aromatic carbocycles. The van der Waals surface area contributed by atoms with Gasteiger partial charge in [-0.2, -0.15) is 0 Å². The SMILES string of the molecule is O=C(Nc1ccc(NC(=O)C2CCCO2)cc1)c1cc2c(s1)CCC2. The Morgan fingerprint density at radius 3 is 2.48 bits per heavy atom. The fourth-order valence-electron chi connectivity index (χ4n) is 3.28. The zero-order valence-corrected chi connectivity index (χ0v) is 14.7. The Morgan fingerprint density at radius 1 is 1.04 bits per heavy atom. The molecule has 1 saturated heterocycles. The average molecular weight is 356 g/mol. The summed E-state index contributed by atoms with van der Waals surface area (Å²) in [5, 5.41) is 5.76. The van der Waals surface area contributed by atoms with E-state index in [4.69, 9.17) is 4.74 Å². The zero-order chi connectivity index (χ0) is 17.2. The number of fused-ring (bicyclic) bond motifs is 1. The molecule has 1 aliphatic carbocycles. The summed E-state index contributed by atoms with van der Waals surface area (Å²) in [5.41, 5.74) is 2.74. The molecule has 1 fully saturated rings. The molecule has 2 amide bonds. The van der Waals surface area contributed by atoms with Gasteiger partial charge in [0.1, 0.15) is 6.10 Å². The van der Waals surface area contributed by atoms with Crippen LogP contribution in [0.3, 0.4) is 0 Å². The quantitative estimate of drug-likeness (QED) is 0.879. The van der Waals surface area contributed by atoms with Crippen LogP contribution in [0.15, 0.2) is 30.3 Å². The van der Waals surface area contributed by atoms with Crippen LogP contribution >= 0.6 is 11.3 Å². The predicted molar refractivity (Wildman–Crippen MR) is 98.3 cm³/mol. The number of hydrogen-bond acceptors (Lipinski definition) is 4. The van der Waals surface area contributed by atoms with Crippen LogP contribution in [0.2, 0.25) is 0 Å². The summed E-state index contributed by atoms with van der Waals surface area (Å²) >= 11 is 1.59. The van der Waals surface area contributed by atoms with Crippen LogP contribution in [0.1, 0.15) is 39.4 Å². The summed E-state index contributed by atoms with van der Waals surface area (Å²) in [6.07, 6.45) is 4.72. The van der Waals surface area contributed by atoms with E-state index >= 15 is 0 Å². The Morgan fingerprint density at radius 2 is 1.80 bits per heavy atom. The number of thiophene rings is 1. The first-order valence-electron chi connectivity index (χ1n) is 8.64. The summed E-state index contributed by atoms with van der Waals surface area (Å²) in [4.78, 5) is 26.5. The van der Waals surface area contributed by atoms with E-state index in [0.29, 0.717) is 18.0 Å². The molecule has 4 rings (SSSR count). The number of benzene rings is 1. The molecule has 0 radical (unpaired) electrons. The van der Waals surface area contributed by atoms with Gasteiger partial charge in [0.05, 0.1) is 4.88 Å². The van der Waals surface area contributed by atoms with E-state index in [1.807, 2.05) is 6.07 Å². The van der Waals surface area contributed by atoms with Crippen LogP contribution in [0.4, 0.5) is 11.4 Å². The minimum absolute atomic E-state index is 0.0736. The van der Waals surface area contributed by atoms with Crippen LogP contribution in [-0.4, -0.2) is 24.5 Å². The maximum atomic E-state index is 12.4. The number of amides is 2. The molecule has 2 aliphatic rings. The molecule has 5 nitrogen and oxygen atoms in total. The molecule has 6 heteroatoms. The fourth-order valence-corrected chi connectivity index (χ4v) is 4.43. The summed E-state index contributed by atoms with van der Waals surface area (Å²) in [5.74, 6) is -0.182. The van der Waals surface area contributed by atoms with Crippen molar-refractivity contribution in [2.45, 2.75) is 38.2 Å². The van der Waals surface area contributed by atoms with Gasteiger partial charge in [-0.25, -0.2) is 0 Å². The third-order valence-corrected chi connectivity index (χ3v) is 5.84. The lowest BCUT2D eigenvalue weighted by atomic mass is 10.2. The molecule has 0 spiro atoms. The van der Waals surface area contributed by atoms with Gasteiger partial charge < -0.3 is 15.4 Å². The van der Waals surface area contributed by atoms with Crippen molar-refractivity contribution < 1.29 is 14.3 Å². The molecular weight excluding hydrogens is 336 g/mol. The number of aryl methyl sites for hydroxylation is 2. The molecule has 2 heterocycles. The van der Waals surface area contributed by atoms with E-state index in [0.717, 1.165) is 30.6 Å². The fraction of sp³-hybridized carbons (Fsp3) is 0.368. The molecule has 0 bridgehead atoms. The number of anilines is 2. The molecule has 25 heavy (non-hydrogen) atoms. The second-order valence-electron chi connectivity index (χ2n) is 6.44. The Balaban J connectivity index is 1.36. The van der Waals surface area contributed by atoms with Gasteiger partial charge >= 0.3 is 0 Å². The summed E-state index contributed by atoms with van der Waals surface area (Å²) in [7, 11) is 0. The van der Waals surface area contributed by atoms with E-state index in [-0.39, 0.29) is 17.9 Å². The van der Waals surface area contributed by atoms with Crippen LogP contribution < -0.4 is 10.6 Å². The number of nitrogens with one attached hydrogen (secondary N) is 2. The molecule has 1 aliphatic heterocycles. The molecule has 0 saturated carbocycles. The van der Waals surface area contributed by atoms with Crippen molar-refractivity contribution in [3.63, 3.8) is 0 Å². The molecular formula is C19H20N2O3S. The normalized spacial score (nSPS) is 18.8. The highest BCUT2D eigenvalue weighted by atomic mass is 32.1. The van der Waals surface area contributed by atoms with Crippen molar-refractivity contribution in [1.29, 1.82) is 0 Å². The highest BCUT2D eigenvalue weighted by Crippen LogP contribution is 2.31. The first kappa shape index (κ1) is 16.3. The number of carbonyl (C=O) groups is 2. The number of rotatable bonds is 4. The van der Waals surface area contributed by atoms with Gasteiger partial charge in [0.2, 0.25) is 0 Å². The maximum absolute atomic E-state index is 12.4. The van der Waals surface area contributed by atoms with E-state index in [9.17, 15) is 9.59 Å². The largest absolute Gasteiger partial charge is 0.368 e. The highest BCUT2D eigenvalue weighted by Gasteiger charge is 2.23. The van der Waals surface area contributed by atoms with E-state index in [1.54, 1.807) is 35.6 Å². The van der Waals surface area contributed by atoms with Crippen LogP contribution in [0.25, 0.3) is 0 Å². The third kappa shape index (κ3) is 3.60. The van der Waals surface area contributed by atoms with Gasteiger partial charge in [-0.1, -0.05) is 0 Å². The molecule has 1 aromatic heterocycles. The first-order valence-corrected chi connectivity index (χ1v) is 9.46. The van der Waals surface area contributed by atoms with Gasteiger partial charge in [-0.3, -0.25) is 9.59 Å². The van der Waals surface area contributed by atoms with Gasteiger partial charge in [0.15, 0.2) is 0 Å². The number of ether oxygens (including phenoxy) is 1. The Labute approximate surface area is 150 Å². The minimum atomic E-state index is -0.347. The Bertz CT molecular complexity index is 770. The lowest BCUT2D eigenvalue weighted by Crippen LogP contribution is -2.26. The Kier molecular flexibility index (Phi) is 4.55. The van der Waals surface area contributed by atoms with Gasteiger partial charge in [-0.15, -0.1) is 11.3 Å². The molecule has 1 atom stereocenters. The zero-order valence-electron chi connectivity index (χ0n) is 13.8. The van der Waals surface area contributed by atoms with Crippen molar-refractivity contribution in [3.8, 4) is 0 Å². The predicted octanol–water partition coefficient (Wildman–Crippen LogP) is 3.61. The second-order valence-corrected chi connectivity index (χ2v) is 7.57. The van der Waals surface area contributed by atoms with Gasteiger partial charge in [0, 0.05) is 22.9 Å². The van der Waals surface area contributed by atoms with Crippen molar-refractivity contribution >= 4 is 34.5 Å². The molecule has 130 valence electrons. The average Bonchev–Trinajstić information content (AvgIpc) is 3.33. The Hall–Kier alpha value is -2.18. The monoisotopic (exact) mass is 356 g/mol. The molecule has 1 unspecified atom stereocenters. The molecule has 2 aromatic rings. The van der Waals surface area contributed by atoms with Crippen molar-refractivity contribution in [2.24, 2.45) is 0 Å². The first-order chi connectivity index (χ1) is 12.2. The summed E-state index contributed by atoms with van der Waals surface area (Å²) in [6, 6.07) is 9.18. The van der Waals surface area contributed by atoms with Gasteiger partial charge in [0.25, 0.3) is 11.8 Å². The van der Waals surface area contributed by atoms with Crippen LogP contribution in [-0.2, 0) is 22.4 Å². The third-order valence-electron chi connectivity index (χ3n) is 4.60. The second kappa shape index (κ2) is 6.98. The van der Waals surface area contributed by atoms with Crippen LogP contribution in [0.5, 0.6) is 0 Å². The standard InChI is InChI=1S/C19H20N2O3S/c22-18(15-4-2-10-24-15)20-13-6-8-14(9-7-13)21-19(23)17-11-12-3-1-5-16(12)25-17/h6-9,11,15H,1-5,10H2,(H,20,22)(H,21,23). The lowest BCUT2D eigenvalue weighted by Gasteiger charge is -2.11. The van der Waals surface area contributed by atoms with Crippen molar-refractivity contribution in [3.05, 3.63) is 45.6 Å². The van der Waals surface area contributed by atoms with E-state index < -0.39 is 0 Å².